The minimum absolute atomic E-state index is 0.152. The number of alkyl halides is 1. The summed E-state index contributed by atoms with van der Waals surface area (Å²) in [4.78, 5) is 2.07. The van der Waals surface area contributed by atoms with Crippen molar-refractivity contribution in [3.8, 4) is 0 Å². The van der Waals surface area contributed by atoms with Crippen LogP contribution in [0.4, 0.5) is 0 Å². The van der Waals surface area contributed by atoms with Gasteiger partial charge in [-0.1, -0.05) is 0 Å². The van der Waals surface area contributed by atoms with Crippen molar-refractivity contribution in [3.63, 3.8) is 0 Å². The summed E-state index contributed by atoms with van der Waals surface area (Å²) >= 11 is 5.46. The van der Waals surface area contributed by atoms with Crippen LogP contribution in [0.5, 0.6) is 0 Å². The number of likely N-dealkylation sites (N-methyl/N-ethyl adjacent to an activating group) is 1. The van der Waals surface area contributed by atoms with E-state index >= 15 is 0 Å². The molecule has 0 aliphatic heterocycles. The summed E-state index contributed by atoms with van der Waals surface area (Å²) in [6, 6.07) is 0. The van der Waals surface area contributed by atoms with Gasteiger partial charge >= 0.3 is 0 Å². The highest BCUT2D eigenvalue weighted by Gasteiger charge is 2.21. The van der Waals surface area contributed by atoms with Crippen molar-refractivity contribution in [3.05, 3.63) is 0 Å². The molecule has 0 heterocycles. The lowest BCUT2D eigenvalue weighted by Crippen LogP contribution is -2.45. The third-order valence-corrected chi connectivity index (χ3v) is 2.37. The Morgan fingerprint density at radius 1 is 1.38 bits per heavy atom. The molecule has 0 aromatic carbocycles. The van der Waals surface area contributed by atoms with Gasteiger partial charge in [0.1, 0.15) is 0 Å². The average Bonchev–Trinajstić information content (AvgIpc) is 2.12. The summed E-state index contributed by atoms with van der Waals surface area (Å²) in [5.74, 6) is 0.535. The van der Waals surface area contributed by atoms with Crippen LogP contribution < -0.4 is 0 Å². The molecule has 0 aliphatic carbocycles. The van der Waals surface area contributed by atoms with E-state index in [1.54, 1.807) is 0 Å². The molecule has 0 aliphatic rings. The van der Waals surface area contributed by atoms with E-state index in [-0.39, 0.29) is 12.1 Å². The smallest absolute Gasteiger partial charge is 0.0609 e. The van der Waals surface area contributed by atoms with E-state index in [1.807, 2.05) is 20.9 Å². The first-order valence-corrected chi connectivity index (χ1v) is 5.04. The van der Waals surface area contributed by atoms with Crippen LogP contribution in [0.3, 0.4) is 0 Å². The van der Waals surface area contributed by atoms with E-state index in [4.69, 9.17) is 21.4 Å². The molecular formula is C9H20ClNO2. The number of nitrogens with zero attached hydrogens (tertiary/aromatic N) is 1. The lowest BCUT2D eigenvalue weighted by atomic mass is 10.1. The monoisotopic (exact) mass is 209 g/mol. The van der Waals surface area contributed by atoms with E-state index in [0.717, 1.165) is 6.54 Å². The molecule has 3 nitrogen and oxygen atoms in total. The molecule has 0 atom stereocenters. The summed E-state index contributed by atoms with van der Waals surface area (Å²) in [5.41, 5.74) is -0.176. The maximum Gasteiger partial charge on any atom is 0.0609 e. The van der Waals surface area contributed by atoms with Crippen molar-refractivity contribution in [2.24, 2.45) is 0 Å². The number of ether oxygens (including phenoxy) is 1. The van der Waals surface area contributed by atoms with Crippen LogP contribution in [0.25, 0.3) is 0 Å². The van der Waals surface area contributed by atoms with E-state index in [9.17, 15) is 0 Å². The molecule has 0 radical (unpaired) electrons. The minimum atomic E-state index is -0.176. The summed E-state index contributed by atoms with van der Waals surface area (Å²) < 4.78 is 5.24. The maximum atomic E-state index is 9.06. The van der Waals surface area contributed by atoms with E-state index in [2.05, 4.69) is 4.90 Å². The highest BCUT2D eigenvalue weighted by molar-refractivity contribution is 6.17. The molecule has 80 valence electrons. The Kier molecular flexibility index (Phi) is 6.68. The zero-order chi connectivity index (χ0) is 10.3. The largest absolute Gasteiger partial charge is 0.394 e. The fourth-order valence-electron chi connectivity index (χ4n) is 0.781. The average molecular weight is 210 g/mol. The molecular weight excluding hydrogens is 190 g/mol. The van der Waals surface area contributed by atoms with Crippen LogP contribution in [0.1, 0.15) is 13.8 Å². The van der Waals surface area contributed by atoms with Gasteiger partial charge in [0.15, 0.2) is 0 Å². The molecule has 0 saturated heterocycles. The highest BCUT2D eigenvalue weighted by atomic mass is 35.5. The number of hydrogen-bond donors (Lipinski definition) is 1. The van der Waals surface area contributed by atoms with Gasteiger partial charge in [-0.25, -0.2) is 0 Å². The first-order valence-electron chi connectivity index (χ1n) is 4.50. The second-order valence-electron chi connectivity index (χ2n) is 3.69. The molecule has 13 heavy (non-hydrogen) atoms. The second-order valence-corrected chi connectivity index (χ2v) is 4.07. The fourth-order valence-corrected chi connectivity index (χ4v) is 0.891. The molecule has 4 heteroatoms. The molecule has 0 rings (SSSR count). The zero-order valence-electron chi connectivity index (χ0n) is 8.72. The molecule has 0 aromatic rings. The van der Waals surface area contributed by atoms with Gasteiger partial charge in [0.2, 0.25) is 0 Å². The van der Waals surface area contributed by atoms with Crippen molar-refractivity contribution in [2.75, 3.05) is 39.3 Å². The normalized spacial score (nSPS) is 12.5. The third kappa shape index (κ3) is 5.47. The van der Waals surface area contributed by atoms with E-state index in [0.29, 0.717) is 19.1 Å². The summed E-state index contributed by atoms with van der Waals surface area (Å²) in [7, 11) is 1.97. The van der Waals surface area contributed by atoms with Gasteiger partial charge in [0, 0.05) is 18.0 Å². The summed E-state index contributed by atoms with van der Waals surface area (Å²) in [6.07, 6.45) is 0. The molecule has 0 unspecified atom stereocenters. The van der Waals surface area contributed by atoms with Gasteiger partial charge in [-0.15, -0.1) is 11.6 Å². The van der Waals surface area contributed by atoms with E-state index < -0.39 is 0 Å². The second kappa shape index (κ2) is 6.60. The van der Waals surface area contributed by atoms with Crippen molar-refractivity contribution in [2.45, 2.75) is 19.4 Å². The molecule has 0 saturated carbocycles. The van der Waals surface area contributed by atoms with Gasteiger partial charge in [0.05, 0.1) is 19.8 Å². The number of aliphatic hydroxyl groups is 1. The van der Waals surface area contributed by atoms with Gasteiger partial charge < -0.3 is 9.84 Å². The first-order chi connectivity index (χ1) is 6.04. The zero-order valence-corrected chi connectivity index (χ0v) is 9.47. The summed E-state index contributed by atoms with van der Waals surface area (Å²) in [6.45, 7) is 6.20. The van der Waals surface area contributed by atoms with Crippen molar-refractivity contribution >= 4 is 11.6 Å². The van der Waals surface area contributed by atoms with Crippen LogP contribution in [0, 0.1) is 0 Å². The Morgan fingerprint density at radius 2 is 2.00 bits per heavy atom. The van der Waals surface area contributed by atoms with Crippen LogP contribution in [0.2, 0.25) is 0 Å². The van der Waals surface area contributed by atoms with Gasteiger partial charge in [-0.05, 0) is 20.9 Å². The lowest BCUT2D eigenvalue weighted by Gasteiger charge is -2.33. The predicted molar refractivity (Wildman–Crippen MR) is 55.3 cm³/mol. The van der Waals surface area contributed by atoms with Gasteiger partial charge in [-0.2, -0.15) is 0 Å². The quantitative estimate of drug-likeness (QED) is 0.501. The van der Waals surface area contributed by atoms with Crippen molar-refractivity contribution < 1.29 is 9.84 Å². The Hall–Kier alpha value is 0.170. The molecule has 0 spiro atoms. The number of hydrogen-bond acceptors (Lipinski definition) is 3. The SMILES string of the molecule is CN(CCOCCCl)C(C)(C)CO. The maximum absolute atomic E-state index is 9.06. The topological polar surface area (TPSA) is 32.7 Å². The number of halogens is 1. The van der Waals surface area contributed by atoms with E-state index in [1.165, 1.54) is 0 Å². The number of rotatable bonds is 7. The lowest BCUT2D eigenvalue weighted by molar-refractivity contribution is 0.0469. The molecule has 0 aromatic heterocycles. The van der Waals surface area contributed by atoms with Crippen LogP contribution in [-0.4, -0.2) is 54.8 Å². The Morgan fingerprint density at radius 3 is 2.46 bits per heavy atom. The molecule has 0 amide bonds. The Bertz CT molecular complexity index is 131. The van der Waals surface area contributed by atoms with Crippen LogP contribution >= 0.6 is 11.6 Å². The molecule has 0 fully saturated rings. The fraction of sp³-hybridized carbons (Fsp3) is 1.00. The van der Waals surface area contributed by atoms with Crippen molar-refractivity contribution in [1.82, 2.24) is 4.90 Å². The van der Waals surface area contributed by atoms with Crippen molar-refractivity contribution in [1.29, 1.82) is 0 Å². The van der Waals surface area contributed by atoms with Crippen LogP contribution in [0.15, 0.2) is 0 Å². The standard InChI is InChI=1S/C9H20ClNO2/c1-9(2,8-12)11(3)5-7-13-6-4-10/h12H,4-8H2,1-3H3. The minimum Gasteiger partial charge on any atom is -0.394 e. The summed E-state index contributed by atoms with van der Waals surface area (Å²) in [5, 5.41) is 9.06. The molecule has 1 N–H and O–H groups in total. The predicted octanol–water partition coefficient (Wildman–Crippen LogP) is 0.944. The van der Waals surface area contributed by atoms with Gasteiger partial charge in [-0.3, -0.25) is 4.90 Å². The Balaban J connectivity index is 3.55. The Labute approximate surface area is 85.6 Å². The van der Waals surface area contributed by atoms with Crippen LogP contribution in [-0.2, 0) is 4.74 Å². The highest BCUT2D eigenvalue weighted by Crippen LogP contribution is 2.09. The molecule has 0 bridgehead atoms. The third-order valence-electron chi connectivity index (χ3n) is 2.21. The number of aliphatic hydroxyl groups excluding tert-OH is 1. The first kappa shape index (κ1) is 13.2. The van der Waals surface area contributed by atoms with Gasteiger partial charge in [0.25, 0.3) is 0 Å².